The molecule has 1 amide bonds. The molecule has 0 fully saturated rings. The Hall–Kier alpha value is -4.48. The van der Waals surface area contributed by atoms with Gasteiger partial charge in [-0.25, -0.2) is 0 Å². The van der Waals surface area contributed by atoms with E-state index in [1.54, 1.807) is 29.2 Å². The van der Waals surface area contributed by atoms with Crippen LogP contribution >= 0.6 is 0 Å². The molecule has 5 aromatic rings. The number of rotatable bonds is 6. The molecule has 176 valence electrons. The van der Waals surface area contributed by atoms with E-state index in [-0.39, 0.29) is 12.2 Å². The molecule has 5 nitrogen and oxygen atoms in total. The van der Waals surface area contributed by atoms with Crippen LogP contribution in [0.2, 0.25) is 0 Å². The first-order valence-corrected chi connectivity index (χ1v) is 11.9. The molecule has 0 spiro atoms. The van der Waals surface area contributed by atoms with Crippen molar-refractivity contribution in [1.29, 1.82) is 0 Å². The predicted molar refractivity (Wildman–Crippen MR) is 140 cm³/mol. The summed E-state index contributed by atoms with van der Waals surface area (Å²) in [4.78, 5) is 28.7. The van der Waals surface area contributed by atoms with Gasteiger partial charge in [-0.1, -0.05) is 72.8 Å². The predicted octanol–water partition coefficient (Wildman–Crippen LogP) is 5.64. The molecular formula is C31H24N2O3. The molecule has 1 atom stereocenters. The lowest BCUT2D eigenvalue weighted by Crippen LogP contribution is -2.41. The van der Waals surface area contributed by atoms with Gasteiger partial charge >= 0.3 is 0 Å². The van der Waals surface area contributed by atoms with Crippen LogP contribution in [0.25, 0.3) is 16.5 Å². The molecule has 0 saturated heterocycles. The molecule has 1 aliphatic heterocycles. The van der Waals surface area contributed by atoms with E-state index in [0.29, 0.717) is 23.4 Å². The molecule has 0 aliphatic carbocycles. The van der Waals surface area contributed by atoms with Crippen LogP contribution in [0.15, 0.2) is 116 Å². The smallest absolute Gasteiger partial charge is 0.264 e. The van der Waals surface area contributed by atoms with Gasteiger partial charge in [0.25, 0.3) is 5.91 Å². The maximum Gasteiger partial charge on any atom is 0.264 e. The summed E-state index contributed by atoms with van der Waals surface area (Å²) in [5.74, 6) is -0.770. The summed E-state index contributed by atoms with van der Waals surface area (Å²) in [6.07, 6.45) is 3.47. The van der Waals surface area contributed by atoms with Gasteiger partial charge in [0.05, 0.1) is 18.7 Å². The number of para-hydroxylation sites is 1. The van der Waals surface area contributed by atoms with Gasteiger partial charge < -0.3 is 14.6 Å². The highest BCUT2D eigenvalue weighted by Gasteiger charge is 2.50. The number of amides is 1. The molecular weight excluding hydrogens is 448 g/mol. The second-order valence-electron chi connectivity index (χ2n) is 9.15. The van der Waals surface area contributed by atoms with Gasteiger partial charge in [-0.3, -0.25) is 9.59 Å². The first-order chi connectivity index (χ1) is 17.5. The Morgan fingerprint density at radius 3 is 2.39 bits per heavy atom. The molecule has 2 heterocycles. The lowest BCUT2D eigenvalue weighted by molar-refractivity contribution is -0.136. The van der Waals surface area contributed by atoms with Crippen molar-refractivity contribution in [1.82, 2.24) is 4.57 Å². The summed E-state index contributed by atoms with van der Waals surface area (Å²) < 4.78 is 1.91. The van der Waals surface area contributed by atoms with Crippen molar-refractivity contribution in [2.75, 3.05) is 4.90 Å². The molecule has 0 saturated carbocycles. The SMILES string of the molecule is O=C(C[C@@]1(O)C(=O)N(Cc2cccc3ccccc23)c2ccccc21)c1cccc(-n2cccc2)c1. The van der Waals surface area contributed by atoms with Crippen LogP contribution in [0.3, 0.4) is 0 Å². The van der Waals surface area contributed by atoms with Gasteiger partial charge in [-0.15, -0.1) is 0 Å². The number of benzene rings is 4. The van der Waals surface area contributed by atoms with E-state index >= 15 is 0 Å². The highest BCUT2D eigenvalue weighted by molar-refractivity contribution is 6.11. The number of ketones is 1. The molecule has 0 radical (unpaired) electrons. The minimum absolute atomic E-state index is 0.290. The average molecular weight is 473 g/mol. The van der Waals surface area contributed by atoms with E-state index in [9.17, 15) is 14.7 Å². The van der Waals surface area contributed by atoms with E-state index in [1.165, 1.54) is 0 Å². The standard InChI is InChI=1S/C31H24N2O3/c34-29(23-11-8-13-25(19-23)32-17-5-6-18-32)20-31(36)27-15-3-4-16-28(27)33(30(31)35)21-24-12-7-10-22-9-1-2-14-26(22)24/h1-19,36H,20-21H2/t31-/m0/s1. The lowest BCUT2D eigenvalue weighted by Gasteiger charge is -2.23. The van der Waals surface area contributed by atoms with Crippen molar-refractivity contribution >= 4 is 28.2 Å². The number of anilines is 1. The number of nitrogens with zero attached hydrogens (tertiary/aromatic N) is 2. The molecule has 36 heavy (non-hydrogen) atoms. The fraction of sp³-hybridized carbons (Fsp3) is 0.0968. The second-order valence-corrected chi connectivity index (χ2v) is 9.15. The van der Waals surface area contributed by atoms with Crippen LogP contribution in [-0.2, 0) is 16.9 Å². The van der Waals surface area contributed by atoms with Gasteiger partial charge in [0.2, 0.25) is 0 Å². The molecule has 1 aliphatic rings. The monoisotopic (exact) mass is 472 g/mol. The molecule has 1 aromatic heterocycles. The van der Waals surface area contributed by atoms with Crippen LogP contribution in [0.1, 0.15) is 27.9 Å². The first kappa shape index (κ1) is 22.0. The fourth-order valence-electron chi connectivity index (χ4n) is 5.12. The number of Topliss-reactive ketones (excluding diaryl/α,β-unsaturated/α-hetero) is 1. The summed E-state index contributed by atoms with van der Waals surface area (Å²) in [5, 5.41) is 13.9. The number of hydrogen-bond acceptors (Lipinski definition) is 3. The summed E-state index contributed by atoms with van der Waals surface area (Å²) >= 11 is 0. The molecule has 5 heteroatoms. The Labute approximate surface area is 208 Å². The minimum Gasteiger partial charge on any atom is -0.375 e. The van der Waals surface area contributed by atoms with Crippen LogP contribution in [0.4, 0.5) is 5.69 Å². The fourth-order valence-corrected chi connectivity index (χ4v) is 5.12. The maximum absolute atomic E-state index is 13.8. The van der Waals surface area contributed by atoms with Crippen molar-refractivity contribution in [3.05, 3.63) is 132 Å². The Kier molecular flexibility index (Phi) is 5.28. The second kappa shape index (κ2) is 8.63. The molecule has 4 aromatic carbocycles. The zero-order chi connectivity index (χ0) is 24.7. The summed E-state index contributed by atoms with van der Waals surface area (Å²) in [7, 11) is 0. The number of carbonyl (C=O) groups excluding carboxylic acids is 2. The van der Waals surface area contributed by atoms with Crippen molar-refractivity contribution in [2.45, 2.75) is 18.6 Å². The quantitative estimate of drug-likeness (QED) is 0.326. The normalized spacial score (nSPS) is 16.9. The van der Waals surface area contributed by atoms with Gasteiger partial charge in [0, 0.05) is 29.2 Å². The number of hydrogen-bond donors (Lipinski definition) is 1. The third kappa shape index (κ3) is 3.61. The zero-order valence-corrected chi connectivity index (χ0v) is 19.5. The molecule has 0 bridgehead atoms. The molecule has 6 rings (SSSR count). The van der Waals surface area contributed by atoms with E-state index in [2.05, 4.69) is 0 Å². The van der Waals surface area contributed by atoms with Gasteiger partial charge in [0.15, 0.2) is 11.4 Å². The van der Waals surface area contributed by atoms with E-state index in [4.69, 9.17) is 0 Å². The van der Waals surface area contributed by atoms with E-state index in [1.807, 2.05) is 95.8 Å². The molecule has 1 N–H and O–H groups in total. The topological polar surface area (TPSA) is 62.5 Å². The Bertz CT molecular complexity index is 1600. The Morgan fingerprint density at radius 1 is 0.806 bits per heavy atom. The van der Waals surface area contributed by atoms with Crippen LogP contribution in [-0.4, -0.2) is 21.4 Å². The van der Waals surface area contributed by atoms with Crippen molar-refractivity contribution in [2.24, 2.45) is 0 Å². The highest BCUT2D eigenvalue weighted by atomic mass is 16.3. The average Bonchev–Trinajstić information content (AvgIpc) is 3.52. The summed E-state index contributed by atoms with van der Waals surface area (Å²) in [5.41, 5.74) is 1.44. The lowest BCUT2D eigenvalue weighted by atomic mass is 9.88. The number of fused-ring (bicyclic) bond motifs is 2. The van der Waals surface area contributed by atoms with Gasteiger partial charge in [-0.2, -0.15) is 0 Å². The van der Waals surface area contributed by atoms with E-state index < -0.39 is 11.5 Å². The highest BCUT2D eigenvalue weighted by Crippen LogP contribution is 2.44. The van der Waals surface area contributed by atoms with Crippen LogP contribution < -0.4 is 4.90 Å². The number of aliphatic hydroxyl groups is 1. The summed E-state index contributed by atoms with van der Waals surface area (Å²) in [6.45, 7) is 0.302. The summed E-state index contributed by atoms with van der Waals surface area (Å²) in [6, 6.07) is 32.3. The Morgan fingerprint density at radius 2 is 1.53 bits per heavy atom. The minimum atomic E-state index is -1.93. The third-order valence-electron chi connectivity index (χ3n) is 6.93. The van der Waals surface area contributed by atoms with E-state index in [0.717, 1.165) is 22.0 Å². The van der Waals surface area contributed by atoms with Crippen molar-refractivity contribution in [3.63, 3.8) is 0 Å². The number of aromatic nitrogens is 1. The third-order valence-corrected chi connectivity index (χ3v) is 6.93. The van der Waals surface area contributed by atoms with Crippen LogP contribution in [0, 0.1) is 0 Å². The van der Waals surface area contributed by atoms with Crippen molar-refractivity contribution in [3.8, 4) is 5.69 Å². The molecule has 0 unspecified atom stereocenters. The number of carbonyl (C=O) groups is 2. The van der Waals surface area contributed by atoms with Gasteiger partial charge in [-0.05, 0) is 46.7 Å². The maximum atomic E-state index is 13.8. The van der Waals surface area contributed by atoms with Crippen molar-refractivity contribution < 1.29 is 14.7 Å². The zero-order valence-electron chi connectivity index (χ0n) is 19.5. The Balaban J connectivity index is 1.34. The van der Waals surface area contributed by atoms with Crippen LogP contribution in [0.5, 0.6) is 0 Å². The largest absolute Gasteiger partial charge is 0.375 e. The first-order valence-electron chi connectivity index (χ1n) is 11.9. The van der Waals surface area contributed by atoms with Gasteiger partial charge in [0.1, 0.15) is 0 Å².